The van der Waals surface area contributed by atoms with E-state index < -0.39 is 0 Å². The van der Waals surface area contributed by atoms with Gasteiger partial charge >= 0.3 is 0 Å². The number of oxazole rings is 1. The van der Waals surface area contributed by atoms with Crippen LogP contribution in [0.2, 0.25) is 0 Å². The molecule has 8 heteroatoms. The first kappa shape index (κ1) is 17.0. The third-order valence-corrected chi connectivity index (χ3v) is 4.96. The Morgan fingerprint density at radius 2 is 1.92 bits per heavy atom. The van der Waals surface area contributed by atoms with Crippen molar-refractivity contribution in [3.05, 3.63) is 35.7 Å². The van der Waals surface area contributed by atoms with E-state index in [1.807, 2.05) is 6.20 Å². The van der Waals surface area contributed by atoms with Crippen molar-refractivity contribution in [2.45, 2.75) is 51.9 Å². The van der Waals surface area contributed by atoms with Crippen molar-refractivity contribution in [3.63, 3.8) is 0 Å². The lowest BCUT2D eigenvalue weighted by atomic mass is 9.87. The van der Waals surface area contributed by atoms with E-state index in [9.17, 15) is 0 Å². The summed E-state index contributed by atoms with van der Waals surface area (Å²) in [6.07, 6.45) is 4.08. The van der Waals surface area contributed by atoms with Crippen LogP contribution < -0.4 is 0 Å². The van der Waals surface area contributed by atoms with Gasteiger partial charge in [-0.1, -0.05) is 34.6 Å². The summed E-state index contributed by atoms with van der Waals surface area (Å²) in [4.78, 5) is 14.8. The summed E-state index contributed by atoms with van der Waals surface area (Å²) >= 11 is 1.40. The maximum atomic E-state index is 5.87. The first-order chi connectivity index (χ1) is 12.2. The number of rotatable bonds is 3. The molecule has 0 aromatic carbocycles. The van der Waals surface area contributed by atoms with Crippen LogP contribution in [0.1, 0.15) is 51.9 Å². The van der Waals surface area contributed by atoms with Gasteiger partial charge in [0.05, 0.1) is 17.6 Å². The van der Waals surface area contributed by atoms with Crippen molar-refractivity contribution < 1.29 is 4.42 Å². The standard InChI is InChI=1S/C18H20N6OS/c1-17(2,3)13-12-15(26-24-13)21-10(9-19-12)8-18(4,5)16-22-14-11(25-16)6-7-20-23-14/h6-7,9H,8H2,1-5H3. The van der Waals surface area contributed by atoms with Gasteiger partial charge in [0, 0.05) is 29.5 Å². The summed E-state index contributed by atoms with van der Waals surface area (Å²) in [6.45, 7) is 10.6. The minimum absolute atomic E-state index is 0.0487. The number of fused-ring (bicyclic) bond motifs is 2. The van der Waals surface area contributed by atoms with Crippen molar-refractivity contribution in [1.82, 2.24) is 29.5 Å². The highest BCUT2D eigenvalue weighted by atomic mass is 32.1. The average molecular weight is 368 g/mol. The molecule has 0 aliphatic carbocycles. The summed E-state index contributed by atoms with van der Waals surface area (Å²) < 4.78 is 10.4. The smallest absolute Gasteiger partial charge is 0.220 e. The Labute approximate surface area is 155 Å². The monoisotopic (exact) mass is 368 g/mol. The van der Waals surface area contributed by atoms with Crippen molar-refractivity contribution in [3.8, 4) is 0 Å². The van der Waals surface area contributed by atoms with Crippen LogP contribution in [0.15, 0.2) is 22.9 Å². The zero-order valence-electron chi connectivity index (χ0n) is 15.4. The molecule has 0 saturated heterocycles. The third-order valence-electron chi connectivity index (χ3n) is 4.23. The SMILES string of the molecule is CC(C)(C)c1nsc2nc(CC(C)(C)c3nc4nnccc4o3)cnc12. The van der Waals surface area contributed by atoms with Crippen LogP contribution in [0.3, 0.4) is 0 Å². The average Bonchev–Trinajstić information content (AvgIpc) is 3.18. The van der Waals surface area contributed by atoms with E-state index in [0.717, 1.165) is 21.7 Å². The minimum Gasteiger partial charge on any atom is -0.438 e. The summed E-state index contributed by atoms with van der Waals surface area (Å²) in [6, 6.07) is 1.77. The largest absolute Gasteiger partial charge is 0.438 e. The van der Waals surface area contributed by atoms with Gasteiger partial charge in [-0.2, -0.15) is 14.5 Å². The Kier molecular flexibility index (Phi) is 3.76. The molecule has 0 unspecified atom stereocenters. The van der Waals surface area contributed by atoms with Gasteiger partial charge in [0.15, 0.2) is 10.4 Å². The van der Waals surface area contributed by atoms with Gasteiger partial charge < -0.3 is 4.42 Å². The van der Waals surface area contributed by atoms with Crippen LogP contribution >= 0.6 is 11.5 Å². The molecule has 4 aromatic rings. The van der Waals surface area contributed by atoms with Crippen molar-refractivity contribution in [1.29, 1.82) is 0 Å². The van der Waals surface area contributed by atoms with Crippen molar-refractivity contribution in [2.24, 2.45) is 0 Å². The number of aromatic nitrogens is 6. The Balaban J connectivity index is 1.67. The first-order valence-corrected chi connectivity index (χ1v) is 9.22. The molecule has 26 heavy (non-hydrogen) atoms. The van der Waals surface area contributed by atoms with E-state index in [-0.39, 0.29) is 10.8 Å². The third kappa shape index (κ3) is 2.94. The Bertz CT molecular complexity index is 1060. The molecule has 0 aliphatic rings. The molecular formula is C18H20N6OS. The Hall–Kier alpha value is -2.48. The summed E-state index contributed by atoms with van der Waals surface area (Å²) in [5.74, 6) is 0.620. The van der Waals surface area contributed by atoms with E-state index in [2.05, 4.69) is 59.2 Å². The van der Waals surface area contributed by atoms with Crippen LogP contribution in [0, 0.1) is 0 Å². The number of nitrogens with zero attached hydrogens (tertiary/aromatic N) is 6. The summed E-state index contributed by atoms with van der Waals surface area (Å²) in [5, 5.41) is 7.85. The first-order valence-electron chi connectivity index (χ1n) is 8.44. The molecule has 0 saturated carbocycles. The highest BCUT2D eigenvalue weighted by molar-refractivity contribution is 7.12. The molecule has 0 fully saturated rings. The molecule has 134 valence electrons. The second-order valence-electron chi connectivity index (χ2n) is 8.10. The van der Waals surface area contributed by atoms with Gasteiger partial charge in [0.2, 0.25) is 11.5 Å². The van der Waals surface area contributed by atoms with Crippen LogP contribution in [0.25, 0.3) is 21.6 Å². The Morgan fingerprint density at radius 3 is 2.65 bits per heavy atom. The highest BCUT2D eigenvalue weighted by Crippen LogP contribution is 2.32. The highest BCUT2D eigenvalue weighted by Gasteiger charge is 2.29. The van der Waals surface area contributed by atoms with E-state index in [1.54, 1.807) is 12.3 Å². The summed E-state index contributed by atoms with van der Waals surface area (Å²) in [7, 11) is 0. The maximum Gasteiger partial charge on any atom is 0.220 e. The van der Waals surface area contributed by atoms with Crippen LogP contribution in [0.4, 0.5) is 0 Å². The molecule has 0 amide bonds. The number of hydrogen-bond acceptors (Lipinski definition) is 8. The fourth-order valence-corrected chi connectivity index (χ4v) is 3.79. The molecular weight excluding hydrogens is 348 g/mol. The zero-order valence-corrected chi connectivity index (χ0v) is 16.3. The normalized spacial score (nSPS) is 13.0. The molecule has 0 atom stereocenters. The molecule has 4 aromatic heterocycles. The molecule has 0 spiro atoms. The fraction of sp³-hybridized carbons (Fsp3) is 0.444. The summed E-state index contributed by atoms with van der Waals surface area (Å²) in [5.41, 5.74) is 3.54. The topological polar surface area (TPSA) is 90.5 Å². The second-order valence-corrected chi connectivity index (χ2v) is 8.85. The molecule has 0 N–H and O–H groups in total. The Morgan fingerprint density at radius 1 is 1.12 bits per heavy atom. The molecule has 0 aliphatic heterocycles. The number of hydrogen-bond donors (Lipinski definition) is 0. The van der Waals surface area contributed by atoms with Gasteiger partial charge in [-0.3, -0.25) is 0 Å². The molecule has 4 heterocycles. The predicted octanol–water partition coefficient (Wildman–Crippen LogP) is 3.84. The van der Waals surface area contributed by atoms with Gasteiger partial charge in [0.25, 0.3) is 0 Å². The van der Waals surface area contributed by atoms with E-state index >= 15 is 0 Å². The van der Waals surface area contributed by atoms with Gasteiger partial charge in [-0.15, -0.1) is 5.10 Å². The van der Waals surface area contributed by atoms with Crippen molar-refractivity contribution >= 4 is 33.1 Å². The molecule has 0 bridgehead atoms. The van der Waals surface area contributed by atoms with E-state index in [0.29, 0.717) is 23.5 Å². The maximum absolute atomic E-state index is 5.87. The lowest BCUT2D eigenvalue weighted by molar-refractivity contribution is 0.378. The van der Waals surface area contributed by atoms with E-state index in [4.69, 9.17) is 9.40 Å². The second kappa shape index (κ2) is 5.77. The fourth-order valence-electron chi connectivity index (χ4n) is 2.85. The zero-order chi connectivity index (χ0) is 18.5. The lowest BCUT2D eigenvalue weighted by Crippen LogP contribution is -2.21. The van der Waals surface area contributed by atoms with Crippen LogP contribution in [-0.2, 0) is 17.3 Å². The molecule has 0 radical (unpaired) electrons. The predicted molar refractivity (Wildman–Crippen MR) is 100 cm³/mol. The lowest BCUT2D eigenvalue weighted by Gasteiger charge is -2.19. The quantitative estimate of drug-likeness (QED) is 0.542. The van der Waals surface area contributed by atoms with Crippen LogP contribution in [-0.4, -0.2) is 29.5 Å². The minimum atomic E-state index is -0.347. The molecule has 4 rings (SSSR count). The van der Waals surface area contributed by atoms with Gasteiger partial charge in [0.1, 0.15) is 5.52 Å². The van der Waals surface area contributed by atoms with Crippen LogP contribution in [0.5, 0.6) is 0 Å². The van der Waals surface area contributed by atoms with Gasteiger partial charge in [-0.25, -0.2) is 9.97 Å². The molecule has 7 nitrogen and oxygen atoms in total. The van der Waals surface area contributed by atoms with Gasteiger partial charge in [-0.05, 0) is 11.5 Å². The van der Waals surface area contributed by atoms with Crippen molar-refractivity contribution in [2.75, 3.05) is 0 Å². The van der Waals surface area contributed by atoms with E-state index in [1.165, 1.54) is 11.5 Å².